The molecular formula is C21H19NO5S. The Morgan fingerprint density at radius 3 is 2.04 bits per heavy atom. The highest BCUT2D eigenvalue weighted by Crippen LogP contribution is 2.36. The maximum absolute atomic E-state index is 13.3. The van der Waals surface area contributed by atoms with Gasteiger partial charge in [0.2, 0.25) is 0 Å². The summed E-state index contributed by atoms with van der Waals surface area (Å²) in [6.07, 6.45) is 0. The lowest BCUT2D eigenvalue weighted by molar-refractivity contribution is -0.137. The highest BCUT2D eigenvalue weighted by Gasteiger charge is 2.35. The summed E-state index contributed by atoms with van der Waals surface area (Å²) < 4.78 is 33.3. The number of rotatable bonds is 7. The van der Waals surface area contributed by atoms with E-state index in [1.807, 2.05) is 6.07 Å². The third-order valence-electron chi connectivity index (χ3n) is 4.08. The first-order valence-electron chi connectivity index (χ1n) is 8.55. The van der Waals surface area contributed by atoms with E-state index in [0.717, 1.165) is 4.31 Å². The number of aliphatic carboxylic acids is 1. The molecule has 3 aromatic carbocycles. The fourth-order valence-corrected chi connectivity index (χ4v) is 4.34. The van der Waals surface area contributed by atoms with E-state index in [2.05, 4.69) is 0 Å². The Labute approximate surface area is 163 Å². The van der Waals surface area contributed by atoms with Crippen LogP contribution in [0.5, 0.6) is 11.5 Å². The van der Waals surface area contributed by atoms with Gasteiger partial charge in [-0.25, -0.2) is 17.5 Å². The minimum absolute atomic E-state index is 0.00221. The van der Waals surface area contributed by atoms with Crippen LogP contribution >= 0.6 is 0 Å². The van der Waals surface area contributed by atoms with Gasteiger partial charge in [0.1, 0.15) is 11.8 Å². The third-order valence-corrected chi connectivity index (χ3v) is 5.98. The molecule has 0 aliphatic rings. The summed E-state index contributed by atoms with van der Waals surface area (Å²) in [6.45, 7) is 1.32. The van der Waals surface area contributed by atoms with Crippen molar-refractivity contribution in [3.8, 4) is 11.5 Å². The standard InChI is InChI=1S/C21H19NO5S/c1-16(21(23)24)22(28(25,26)18-12-6-3-7-13-18)19-14-8-9-15-20(19)27-17-10-4-2-5-11-17/h2-16H,1H3,(H,23,24). The van der Waals surface area contributed by atoms with Crippen LogP contribution < -0.4 is 9.04 Å². The van der Waals surface area contributed by atoms with E-state index in [9.17, 15) is 18.3 Å². The molecule has 6 nitrogen and oxygen atoms in total. The first-order chi connectivity index (χ1) is 13.4. The monoisotopic (exact) mass is 397 g/mol. The predicted octanol–water partition coefficient (Wildman–Crippen LogP) is 4.15. The SMILES string of the molecule is CC(C(=O)O)N(c1ccccc1Oc1ccccc1)S(=O)(=O)c1ccccc1. The van der Waals surface area contributed by atoms with Gasteiger partial charge in [-0.15, -0.1) is 0 Å². The Hall–Kier alpha value is -3.32. The molecule has 7 heteroatoms. The summed E-state index contributed by atoms with van der Waals surface area (Å²) in [5, 5.41) is 9.56. The number of hydrogen-bond donors (Lipinski definition) is 1. The number of hydrogen-bond acceptors (Lipinski definition) is 4. The van der Waals surface area contributed by atoms with Crippen molar-refractivity contribution in [1.82, 2.24) is 0 Å². The van der Waals surface area contributed by atoms with E-state index in [0.29, 0.717) is 5.75 Å². The van der Waals surface area contributed by atoms with Gasteiger partial charge in [-0.05, 0) is 43.3 Å². The average molecular weight is 397 g/mol. The van der Waals surface area contributed by atoms with Gasteiger partial charge >= 0.3 is 5.97 Å². The van der Waals surface area contributed by atoms with Crippen molar-refractivity contribution in [1.29, 1.82) is 0 Å². The molecule has 0 heterocycles. The lowest BCUT2D eigenvalue weighted by atomic mass is 10.2. The summed E-state index contributed by atoms with van der Waals surface area (Å²) in [4.78, 5) is 11.7. The van der Waals surface area contributed by atoms with E-state index in [4.69, 9.17) is 4.74 Å². The molecule has 0 amide bonds. The third kappa shape index (κ3) is 3.99. The van der Waals surface area contributed by atoms with Crippen molar-refractivity contribution in [2.45, 2.75) is 17.9 Å². The van der Waals surface area contributed by atoms with Crippen LogP contribution in [0, 0.1) is 0 Å². The highest BCUT2D eigenvalue weighted by atomic mass is 32.2. The van der Waals surface area contributed by atoms with Gasteiger partial charge < -0.3 is 9.84 Å². The van der Waals surface area contributed by atoms with E-state index in [1.54, 1.807) is 60.7 Å². The van der Waals surface area contributed by atoms with Crippen LogP contribution in [0.15, 0.2) is 89.8 Å². The first kappa shape index (κ1) is 19.4. The van der Waals surface area contributed by atoms with Gasteiger partial charge in [0.25, 0.3) is 10.0 Å². The van der Waals surface area contributed by atoms with Crippen molar-refractivity contribution in [2.24, 2.45) is 0 Å². The molecule has 0 saturated carbocycles. The lowest BCUT2D eigenvalue weighted by Gasteiger charge is -2.29. The molecule has 144 valence electrons. The molecule has 0 aromatic heterocycles. The van der Waals surface area contributed by atoms with E-state index in [1.165, 1.54) is 25.1 Å². The van der Waals surface area contributed by atoms with Crippen LogP contribution in [0.1, 0.15) is 6.92 Å². The molecule has 1 unspecified atom stereocenters. The Bertz CT molecular complexity index is 1050. The zero-order chi connectivity index (χ0) is 20.1. The Morgan fingerprint density at radius 1 is 0.893 bits per heavy atom. The Kier molecular flexibility index (Phi) is 5.65. The van der Waals surface area contributed by atoms with Crippen molar-refractivity contribution >= 4 is 21.7 Å². The summed E-state index contributed by atoms with van der Waals surface area (Å²) in [6, 6.07) is 21.7. The minimum Gasteiger partial charge on any atom is -0.480 e. The first-order valence-corrected chi connectivity index (χ1v) is 9.99. The topological polar surface area (TPSA) is 83.9 Å². The molecule has 1 atom stereocenters. The average Bonchev–Trinajstić information content (AvgIpc) is 2.70. The summed E-state index contributed by atoms with van der Waals surface area (Å²) in [5.74, 6) is -0.523. The normalized spacial score (nSPS) is 12.2. The molecular weight excluding hydrogens is 378 g/mol. The molecule has 0 fully saturated rings. The summed E-state index contributed by atoms with van der Waals surface area (Å²) in [7, 11) is -4.14. The maximum atomic E-state index is 13.3. The van der Waals surface area contributed by atoms with E-state index < -0.39 is 22.0 Å². The van der Waals surface area contributed by atoms with Crippen LogP contribution in [0.2, 0.25) is 0 Å². The Morgan fingerprint density at radius 2 is 1.43 bits per heavy atom. The number of carboxylic acid groups (broad SMARTS) is 1. The number of anilines is 1. The second-order valence-electron chi connectivity index (χ2n) is 6.01. The minimum atomic E-state index is -4.14. The molecule has 0 aliphatic heterocycles. The second kappa shape index (κ2) is 8.14. The van der Waals surface area contributed by atoms with Gasteiger partial charge in [-0.1, -0.05) is 48.5 Å². The fourth-order valence-electron chi connectivity index (χ4n) is 2.69. The maximum Gasteiger partial charge on any atom is 0.327 e. The van der Waals surface area contributed by atoms with Gasteiger partial charge in [0.15, 0.2) is 5.75 Å². The van der Waals surface area contributed by atoms with Crippen LogP contribution in [0.4, 0.5) is 5.69 Å². The molecule has 3 aromatic rings. The zero-order valence-corrected chi connectivity index (χ0v) is 15.9. The van der Waals surface area contributed by atoms with Crippen molar-refractivity contribution < 1.29 is 23.1 Å². The second-order valence-corrected chi connectivity index (χ2v) is 7.83. The molecule has 0 radical (unpaired) electrons. The molecule has 0 aliphatic carbocycles. The van der Waals surface area contributed by atoms with Crippen LogP contribution in [0.25, 0.3) is 0 Å². The Balaban J connectivity index is 2.14. The number of ether oxygens (including phenoxy) is 1. The number of para-hydroxylation sites is 3. The van der Waals surface area contributed by atoms with E-state index in [-0.39, 0.29) is 16.3 Å². The quantitative estimate of drug-likeness (QED) is 0.648. The largest absolute Gasteiger partial charge is 0.480 e. The summed E-state index contributed by atoms with van der Waals surface area (Å²) >= 11 is 0. The van der Waals surface area contributed by atoms with Crippen molar-refractivity contribution in [3.05, 3.63) is 84.9 Å². The molecule has 28 heavy (non-hydrogen) atoms. The molecule has 0 saturated heterocycles. The number of sulfonamides is 1. The van der Waals surface area contributed by atoms with Crippen molar-refractivity contribution in [3.63, 3.8) is 0 Å². The number of nitrogens with zero attached hydrogens (tertiary/aromatic N) is 1. The van der Waals surface area contributed by atoms with Gasteiger partial charge in [0.05, 0.1) is 10.6 Å². The number of carboxylic acids is 1. The van der Waals surface area contributed by atoms with Gasteiger partial charge in [-0.2, -0.15) is 0 Å². The van der Waals surface area contributed by atoms with Crippen LogP contribution in [-0.4, -0.2) is 25.5 Å². The van der Waals surface area contributed by atoms with E-state index >= 15 is 0 Å². The predicted molar refractivity (Wildman–Crippen MR) is 106 cm³/mol. The highest BCUT2D eigenvalue weighted by molar-refractivity contribution is 7.93. The lowest BCUT2D eigenvalue weighted by Crippen LogP contribution is -2.43. The zero-order valence-electron chi connectivity index (χ0n) is 15.1. The smallest absolute Gasteiger partial charge is 0.327 e. The fraction of sp³-hybridized carbons (Fsp3) is 0.0952. The molecule has 0 spiro atoms. The number of benzene rings is 3. The number of carbonyl (C=O) groups is 1. The van der Waals surface area contributed by atoms with Crippen LogP contribution in [0.3, 0.4) is 0 Å². The molecule has 1 N–H and O–H groups in total. The van der Waals surface area contributed by atoms with Crippen LogP contribution in [-0.2, 0) is 14.8 Å². The summed E-state index contributed by atoms with van der Waals surface area (Å²) in [5.41, 5.74) is 0.144. The molecule has 3 rings (SSSR count). The molecule has 0 bridgehead atoms. The van der Waals surface area contributed by atoms with Gasteiger partial charge in [-0.3, -0.25) is 0 Å². The van der Waals surface area contributed by atoms with Gasteiger partial charge in [0, 0.05) is 0 Å². The van der Waals surface area contributed by atoms with Crippen molar-refractivity contribution in [2.75, 3.05) is 4.31 Å².